The summed E-state index contributed by atoms with van der Waals surface area (Å²) in [6.45, 7) is 2.03. The van der Waals surface area contributed by atoms with Gasteiger partial charge in [-0.1, -0.05) is 47.7 Å². The number of pyridine rings is 1. The molecule has 4 rings (SSSR count). The van der Waals surface area contributed by atoms with Crippen LogP contribution in [0.25, 0.3) is 5.76 Å². The number of benzene rings is 2. The summed E-state index contributed by atoms with van der Waals surface area (Å²) >= 11 is 0. The number of H-pyrrole nitrogens is 1. The van der Waals surface area contributed by atoms with Gasteiger partial charge in [0.15, 0.2) is 12.4 Å². The monoisotopic (exact) mass is 402 g/mol. The Labute approximate surface area is 173 Å². The fraction of sp³-hybridized carbons (Fsp3) is 0.125. The molecule has 1 saturated heterocycles. The first-order chi connectivity index (χ1) is 14.5. The normalized spacial score (nSPS) is 18.1. The Morgan fingerprint density at radius 3 is 2.40 bits per heavy atom. The van der Waals surface area contributed by atoms with Crippen molar-refractivity contribution in [2.45, 2.75) is 19.5 Å². The molecule has 5 nitrogen and oxygen atoms in total. The van der Waals surface area contributed by atoms with E-state index in [1.165, 1.54) is 29.2 Å². The minimum atomic E-state index is -0.889. The van der Waals surface area contributed by atoms with Crippen LogP contribution in [0.3, 0.4) is 0 Å². The fourth-order valence-electron chi connectivity index (χ4n) is 3.61. The van der Waals surface area contributed by atoms with E-state index < -0.39 is 29.3 Å². The molecule has 0 saturated carbocycles. The number of amides is 1. The molecule has 2 aromatic carbocycles. The van der Waals surface area contributed by atoms with Crippen LogP contribution in [0.4, 0.5) is 4.39 Å². The number of rotatable bonds is 4. The lowest BCUT2D eigenvalue weighted by Crippen LogP contribution is -2.29. The van der Waals surface area contributed by atoms with E-state index in [1.54, 1.807) is 42.7 Å². The number of halogens is 1. The van der Waals surface area contributed by atoms with Gasteiger partial charge < -0.3 is 10.0 Å². The van der Waals surface area contributed by atoms with Crippen molar-refractivity contribution in [2.75, 3.05) is 0 Å². The average molecular weight is 402 g/mol. The number of hydrogen-bond acceptors (Lipinski definition) is 3. The predicted molar refractivity (Wildman–Crippen MR) is 106 cm³/mol. The highest BCUT2D eigenvalue weighted by atomic mass is 19.1. The molecule has 1 atom stereocenters. The van der Waals surface area contributed by atoms with Gasteiger partial charge in [-0.15, -0.1) is 0 Å². The molecule has 1 aliphatic rings. The van der Waals surface area contributed by atoms with Crippen LogP contribution in [0.2, 0.25) is 0 Å². The molecule has 1 amide bonds. The summed E-state index contributed by atoms with van der Waals surface area (Å²) in [4.78, 5) is 30.1. The van der Waals surface area contributed by atoms with Gasteiger partial charge in [0.05, 0.1) is 12.6 Å². The van der Waals surface area contributed by atoms with Gasteiger partial charge in [0.25, 0.3) is 5.91 Å². The van der Waals surface area contributed by atoms with Gasteiger partial charge in [-0.25, -0.2) is 9.37 Å². The maximum Gasteiger partial charge on any atom is 0.295 e. The first-order valence-electron chi connectivity index (χ1n) is 9.49. The first kappa shape index (κ1) is 19.5. The molecule has 1 N–H and O–H groups in total. The minimum Gasteiger partial charge on any atom is -0.872 e. The lowest BCUT2D eigenvalue weighted by molar-refractivity contribution is -0.378. The minimum absolute atomic E-state index is 0.115. The molecule has 0 bridgehead atoms. The molecule has 1 aliphatic heterocycles. The standard InChI is InChI=1S/C24H19FN2O3/c1-15-4-6-18(7-5-15)22(28)20-21(17-8-10-19(25)11-9-17)27(24(30)23(20)29)14-16-3-2-12-26-13-16/h2-13,21,28H,14H2,1H3/b22-20+. The van der Waals surface area contributed by atoms with Crippen LogP contribution in [0.1, 0.15) is 28.3 Å². The van der Waals surface area contributed by atoms with Crippen LogP contribution in [0.5, 0.6) is 0 Å². The Kier molecular flexibility index (Phi) is 5.14. The van der Waals surface area contributed by atoms with Crippen LogP contribution in [0, 0.1) is 12.7 Å². The molecule has 1 aromatic heterocycles. The number of carbonyl (C=O) groups is 2. The van der Waals surface area contributed by atoms with Crippen LogP contribution < -0.4 is 10.1 Å². The summed E-state index contributed by atoms with van der Waals surface area (Å²) in [5.41, 5.74) is 2.47. The molecule has 1 unspecified atom stereocenters. The molecule has 0 aliphatic carbocycles. The average Bonchev–Trinajstić information content (AvgIpc) is 3.00. The number of aromatic nitrogens is 1. The highest BCUT2D eigenvalue weighted by Gasteiger charge is 2.44. The number of ketones is 1. The molecular formula is C24H19FN2O3. The maximum absolute atomic E-state index is 13.5. The Hall–Kier alpha value is -3.80. The Bertz CT molecular complexity index is 1120. The number of nitrogens with one attached hydrogen (secondary N) is 1. The van der Waals surface area contributed by atoms with Crippen LogP contribution in [-0.2, 0) is 16.1 Å². The number of hydrogen-bond donors (Lipinski definition) is 0. The van der Waals surface area contributed by atoms with Crippen LogP contribution >= 0.6 is 0 Å². The lowest BCUT2D eigenvalue weighted by atomic mass is 9.95. The van der Waals surface area contributed by atoms with E-state index in [2.05, 4.69) is 4.98 Å². The molecule has 150 valence electrons. The van der Waals surface area contributed by atoms with Crippen molar-refractivity contribution in [2.24, 2.45) is 0 Å². The van der Waals surface area contributed by atoms with E-state index in [-0.39, 0.29) is 12.1 Å². The number of aryl methyl sites for hydroxylation is 1. The van der Waals surface area contributed by atoms with E-state index in [9.17, 15) is 19.1 Å². The number of nitrogens with zero attached hydrogens (tertiary/aromatic N) is 1. The molecule has 30 heavy (non-hydrogen) atoms. The summed E-state index contributed by atoms with van der Waals surface area (Å²) in [7, 11) is 0. The van der Waals surface area contributed by atoms with Crippen molar-refractivity contribution in [1.29, 1.82) is 0 Å². The van der Waals surface area contributed by atoms with Crippen molar-refractivity contribution in [1.82, 2.24) is 4.90 Å². The largest absolute Gasteiger partial charge is 0.872 e. The summed E-state index contributed by atoms with van der Waals surface area (Å²) in [5, 5.41) is 13.2. The van der Waals surface area contributed by atoms with Crippen LogP contribution in [0.15, 0.2) is 78.6 Å². The molecule has 1 fully saturated rings. The van der Waals surface area contributed by atoms with Crippen molar-refractivity contribution in [3.63, 3.8) is 0 Å². The molecule has 6 heteroatoms. The SMILES string of the molecule is Cc1ccc(/C([O-])=C2\C(=O)C(=O)N(Cc3ccc[nH+]c3)C2c2ccc(F)cc2)cc1. The van der Waals surface area contributed by atoms with Gasteiger partial charge in [-0.3, -0.25) is 9.59 Å². The second-order valence-electron chi connectivity index (χ2n) is 7.24. The topological polar surface area (TPSA) is 74.6 Å². The zero-order chi connectivity index (χ0) is 21.3. The van der Waals surface area contributed by atoms with Gasteiger partial charge in [0.2, 0.25) is 5.78 Å². The fourth-order valence-corrected chi connectivity index (χ4v) is 3.61. The van der Waals surface area contributed by atoms with Gasteiger partial charge in [-0.2, -0.15) is 0 Å². The zero-order valence-corrected chi connectivity index (χ0v) is 16.3. The molecule has 3 aromatic rings. The third-order valence-electron chi connectivity index (χ3n) is 5.15. The van der Waals surface area contributed by atoms with E-state index in [4.69, 9.17) is 0 Å². The van der Waals surface area contributed by atoms with E-state index in [1.807, 2.05) is 13.0 Å². The molecular weight excluding hydrogens is 383 g/mol. The predicted octanol–water partition coefficient (Wildman–Crippen LogP) is 2.37. The second-order valence-corrected chi connectivity index (χ2v) is 7.24. The molecule has 0 spiro atoms. The third kappa shape index (κ3) is 3.59. The zero-order valence-electron chi connectivity index (χ0n) is 16.3. The summed E-state index contributed by atoms with van der Waals surface area (Å²) in [6, 6.07) is 15.0. The Morgan fingerprint density at radius 2 is 1.77 bits per heavy atom. The molecule has 2 heterocycles. The smallest absolute Gasteiger partial charge is 0.295 e. The maximum atomic E-state index is 13.5. The van der Waals surface area contributed by atoms with Crippen molar-refractivity contribution in [3.8, 4) is 0 Å². The molecule has 0 radical (unpaired) electrons. The second kappa shape index (κ2) is 7.91. The number of aromatic amines is 1. The van der Waals surface area contributed by atoms with Gasteiger partial charge >= 0.3 is 0 Å². The highest BCUT2D eigenvalue weighted by molar-refractivity contribution is 6.46. The van der Waals surface area contributed by atoms with Gasteiger partial charge in [0, 0.05) is 17.2 Å². The van der Waals surface area contributed by atoms with Gasteiger partial charge in [-0.05, 0) is 36.2 Å². The Balaban J connectivity index is 1.85. The summed E-state index contributed by atoms with van der Waals surface area (Å²) < 4.78 is 13.5. The Morgan fingerprint density at radius 1 is 1.07 bits per heavy atom. The van der Waals surface area contributed by atoms with E-state index in [0.29, 0.717) is 11.1 Å². The van der Waals surface area contributed by atoms with Crippen LogP contribution in [-0.4, -0.2) is 16.6 Å². The van der Waals surface area contributed by atoms with Crippen molar-refractivity contribution in [3.05, 3.63) is 107 Å². The first-order valence-corrected chi connectivity index (χ1v) is 9.49. The van der Waals surface area contributed by atoms with E-state index >= 15 is 0 Å². The number of carbonyl (C=O) groups excluding carboxylic acids is 2. The number of Topliss-reactive ketones (excluding diaryl/α,β-unsaturated/α-hetero) is 1. The van der Waals surface area contributed by atoms with E-state index in [0.717, 1.165) is 11.1 Å². The lowest BCUT2D eigenvalue weighted by Gasteiger charge is -2.27. The number of likely N-dealkylation sites (tertiary alicyclic amines) is 1. The quantitative estimate of drug-likeness (QED) is 0.382. The van der Waals surface area contributed by atoms with Crippen molar-refractivity contribution < 1.29 is 24.1 Å². The van der Waals surface area contributed by atoms with Gasteiger partial charge in [0.1, 0.15) is 5.82 Å². The summed E-state index contributed by atoms with van der Waals surface area (Å²) in [5.74, 6) is -2.51. The highest BCUT2D eigenvalue weighted by Crippen LogP contribution is 2.39. The van der Waals surface area contributed by atoms with Crippen molar-refractivity contribution >= 4 is 17.4 Å². The summed E-state index contributed by atoms with van der Waals surface area (Å²) in [6.07, 6.45) is 3.45. The third-order valence-corrected chi connectivity index (χ3v) is 5.15.